The van der Waals surface area contributed by atoms with Gasteiger partial charge in [-0.3, -0.25) is 4.79 Å². The average Bonchev–Trinajstić information content (AvgIpc) is 2.99. The van der Waals surface area contributed by atoms with Crippen LogP contribution >= 0.6 is 11.6 Å². The van der Waals surface area contributed by atoms with Gasteiger partial charge in [0.1, 0.15) is 0 Å². The van der Waals surface area contributed by atoms with Crippen LogP contribution in [0.15, 0.2) is 18.7 Å². The maximum atomic E-state index is 11.8. The Morgan fingerprint density at radius 1 is 1.44 bits per heavy atom. The highest BCUT2D eigenvalue weighted by Gasteiger charge is 2.29. The summed E-state index contributed by atoms with van der Waals surface area (Å²) < 4.78 is 2.11. The number of hydrogen-bond donors (Lipinski definition) is 1. The number of alkyl halides is 1. The lowest BCUT2D eigenvalue weighted by Gasteiger charge is -2.22. The minimum Gasteiger partial charge on any atom is -0.351 e. The maximum absolute atomic E-state index is 11.8. The Balaban J connectivity index is 1.83. The van der Waals surface area contributed by atoms with Gasteiger partial charge < -0.3 is 9.88 Å². The molecule has 1 saturated carbocycles. The molecule has 0 spiro atoms. The molecule has 1 N–H and O–H groups in total. The lowest BCUT2D eigenvalue weighted by molar-refractivity contribution is -0.122. The van der Waals surface area contributed by atoms with E-state index in [1.807, 2.05) is 12.5 Å². The van der Waals surface area contributed by atoms with Crippen molar-refractivity contribution < 1.29 is 4.79 Å². The molecule has 0 aromatic carbocycles. The van der Waals surface area contributed by atoms with E-state index in [1.165, 1.54) is 0 Å². The van der Waals surface area contributed by atoms with Crippen molar-refractivity contribution in [3.05, 3.63) is 18.7 Å². The lowest BCUT2D eigenvalue weighted by Crippen LogP contribution is -2.38. The Bertz CT molecular complexity index is 366. The van der Waals surface area contributed by atoms with Gasteiger partial charge in [-0.05, 0) is 32.1 Å². The highest BCUT2D eigenvalue weighted by molar-refractivity contribution is 6.17. The van der Waals surface area contributed by atoms with E-state index in [4.69, 9.17) is 11.6 Å². The molecule has 1 aliphatic carbocycles. The molecule has 1 fully saturated rings. The molecule has 0 aliphatic heterocycles. The normalized spacial score (nSPS) is 23.2. The summed E-state index contributed by atoms with van der Waals surface area (Å²) in [6, 6.07) is 0.618. The first-order valence-corrected chi connectivity index (χ1v) is 7.17. The van der Waals surface area contributed by atoms with E-state index in [0.29, 0.717) is 18.3 Å². The lowest BCUT2D eigenvalue weighted by atomic mass is 10.1. The molecule has 2 atom stereocenters. The molecule has 0 bridgehead atoms. The molecule has 5 heteroatoms. The molecule has 0 radical (unpaired) electrons. The predicted molar refractivity (Wildman–Crippen MR) is 71.6 cm³/mol. The fourth-order valence-corrected chi connectivity index (χ4v) is 2.78. The molecule has 2 unspecified atom stereocenters. The average molecular weight is 270 g/mol. The van der Waals surface area contributed by atoms with Gasteiger partial charge in [0.2, 0.25) is 5.91 Å². The van der Waals surface area contributed by atoms with Crippen LogP contribution < -0.4 is 5.32 Å². The van der Waals surface area contributed by atoms with E-state index in [1.54, 1.807) is 6.20 Å². The predicted octanol–water partition coefficient (Wildman–Crippen LogP) is 2.50. The molecule has 100 valence electrons. The summed E-state index contributed by atoms with van der Waals surface area (Å²) in [5.41, 5.74) is 0. The Labute approximate surface area is 113 Å². The van der Waals surface area contributed by atoms with Crippen LogP contribution in [0, 0.1) is 0 Å². The number of nitrogens with one attached hydrogen (secondary N) is 1. The minimum atomic E-state index is 0.150. The number of nitrogens with zero attached hydrogens (tertiary/aromatic N) is 2. The van der Waals surface area contributed by atoms with Gasteiger partial charge >= 0.3 is 0 Å². The third-order valence-corrected chi connectivity index (χ3v) is 3.79. The van der Waals surface area contributed by atoms with Gasteiger partial charge in [0.25, 0.3) is 0 Å². The van der Waals surface area contributed by atoms with Crippen molar-refractivity contribution >= 4 is 17.5 Å². The van der Waals surface area contributed by atoms with Crippen LogP contribution in [0.25, 0.3) is 0 Å². The smallest absolute Gasteiger partial charge is 0.220 e. The fourth-order valence-electron chi connectivity index (χ4n) is 2.59. The topological polar surface area (TPSA) is 46.9 Å². The van der Waals surface area contributed by atoms with Crippen LogP contribution in [0.5, 0.6) is 0 Å². The number of carbonyl (C=O) groups excluding carboxylic acids is 1. The summed E-state index contributed by atoms with van der Waals surface area (Å²) in [6.45, 7) is 0. The first-order chi connectivity index (χ1) is 8.81. The van der Waals surface area contributed by atoms with Gasteiger partial charge in [0.15, 0.2) is 0 Å². The quantitative estimate of drug-likeness (QED) is 0.637. The van der Waals surface area contributed by atoms with Gasteiger partial charge in [-0.15, -0.1) is 11.6 Å². The fraction of sp³-hybridized carbons (Fsp3) is 0.692. The number of aromatic nitrogens is 2. The number of amides is 1. The third kappa shape index (κ3) is 3.48. The Morgan fingerprint density at radius 2 is 2.33 bits per heavy atom. The first-order valence-electron chi connectivity index (χ1n) is 6.64. The van der Waals surface area contributed by atoms with E-state index in [-0.39, 0.29) is 11.9 Å². The number of halogens is 1. The van der Waals surface area contributed by atoms with Crippen LogP contribution in [0.3, 0.4) is 0 Å². The molecule has 1 aliphatic rings. The summed E-state index contributed by atoms with van der Waals surface area (Å²) in [5, 5.41) is 3.15. The Hall–Kier alpha value is -1.03. The van der Waals surface area contributed by atoms with Gasteiger partial charge in [0, 0.05) is 30.7 Å². The molecular formula is C13H20ClN3O. The third-order valence-electron chi connectivity index (χ3n) is 3.52. The van der Waals surface area contributed by atoms with Gasteiger partial charge in [-0.25, -0.2) is 4.98 Å². The van der Waals surface area contributed by atoms with Crippen LogP contribution in [0.2, 0.25) is 0 Å². The van der Waals surface area contributed by atoms with Crippen molar-refractivity contribution in [3.8, 4) is 0 Å². The molecule has 1 heterocycles. The van der Waals surface area contributed by atoms with E-state index in [2.05, 4.69) is 14.9 Å². The molecule has 0 saturated heterocycles. The van der Waals surface area contributed by atoms with E-state index in [9.17, 15) is 4.79 Å². The minimum absolute atomic E-state index is 0.150. The van der Waals surface area contributed by atoms with Crippen LogP contribution in [0.4, 0.5) is 0 Å². The van der Waals surface area contributed by atoms with Crippen molar-refractivity contribution in [2.45, 2.75) is 50.6 Å². The Morgan fingerprint density at radius 3 is 3.06 bits per heavy atom. The SMILES string of the molecule is O=C(CCCCCl)NC1CCCC1n1ccnc1. The van der Waals surface area contributed by atoms with E-state index < -0.39 is 0 Å². The summed E-state index contributed by atoms with van der Waals surface area (Å²) in [6.07, 6.45) is 11.3. The van der Waals surface area contributed by atoms with Crippen molar-refractivity contribution in [1.82, 2.24) is 14.9 Å². The molecule has 1 amide bonds. The highest BCUT2D eigenvalue weighted by atomic mass is 35.5. The molecule has 4 nitrogen and oxygen atoms in total. The van der Waals surface area contributed by atoms with E-state index >= 15 is 0 Å². The summed E-state index contributed by atoms with van der Waals surface area (Å²) in [4.78, 5) is 15.9. The first kappa shape index (κ1) is 13.4. The van der Waals surface area contributed by atoms with Crippen molar-refractivity contribution in [2.75, 3.05) is 5.88 Å². The second-order valence-corrected chi connectivity index (χ2v) is 5.21. The number of imidazole rings is 1. The molecule has 1 aromatic rings. The molecule has 18 heavy (non-hydrogen) atoms. The van der Waals surface area contributed by atoms with Crippen LogP contribution in [-0.2, 0) is 4.79 Å². The highest BCUT2D eigenvalue weighted by Crippen LogP contribution is 2.29. The monoisotopic (exact) mass is 269 g/mol. The summed E-state index contributed by atoms with van der Waals surface area (Å²) in [7, 11) is 0. The van der Waals surface area contributed by atoms with Crippen molar-refractivity contribution in [2.24, 2.45) is 0 Å². The molecular weight excluding hydrogens is 250 g/mol. The van der Waals surface area contributed by atoms with Gasteiger partial charge in [-0.2, -0.15) is 0 Å². The standard InChI is InChI=1S/C13H20ClN3O/c14-7-2-1-6-13(18)16-11-4-3-5-12(11)17-9-8-15-10-17/h8-12H,1-7H2,(H,16,18). The number of hydrogen-bond acceptors (Lipinski definition) is 2. The van der Waals surface area contributed by atoms with Crippen LogP contribution in [0.1, 0.15) is 44.6 Å². The maximum Gasteiger partial charge on any atom is 0.220 e. The number of unbranched alkanes of at least 4 members (excludes halogenated alkanes) is 1. The Kier molecular flexibility index (Phi) is 5.05. The largest absolute Gasteiger partial charge is 0.351 e. The van der Waals surface area contributed by atoms with Gasteiger partial charge in [-0.1, -0.05) is 0 Å². The zero-order chi connectivity index (χ0) is 12.8. The second-order valence-electron chi connectivity index (χ2n) is 4.83. The summed E-state index contributed by atoms with van der Waals surface area (Å²) >= 11 is 5.60. The zero-order valence-corrected chi connectivity index (χ0v) is 11.3. The van der Waals surface area contributed by atoms with Crippen molar-refractivity contribution in [1.29, 1.82) is 0 Å². The summed E-state index contributed by atoms with van der Waals surface area (Å²) in [5.74, 6) is 0.783. The van der Waals surface area contributed by atoms with Gasteiger partial charge in [0.05, 0.1) is 12.4 Å². The molecule has 1 aromatic heterocycles. The number of carbonyl (C=O) groups is 1. The molecule has 2 rings (SSSR count). The zero-order valence-electron chi connectivity index (χ0n) is 10.5. The number of rotatable bonds is 6. The van der Waals surface area contributed by atoms with Crippen LogP contribution in [-0.4, -0.2) is 27.4 Å². The van der Waals surface area contributed by atoms with E-state index in [0.717, 1.165) is 32.1 Å². The second kappa shape index (κ2) is 6.78. The van der Waals surface area contributed by atoms with Crippen molar-refractivity contribution in [3.63, 3.8) is 0 Å².